The summed E-state index contributed by atoms with van der Waals surface area (Å²) in [5.74, 6) is 1.98. The van der Waals surface area contributed by atoms with Crippen molar-refractivity contribution in [2.75, 3.05) is 24.5 Å². The summed E-state index contributed by atoms with van der Waals surface area (Å²) >= 11 is 0. The molecule has 1 N–H and O–H groups in total. The molecule has 6 rings (SSSR count). The Balaban J connectivity index is 1.32. The number of benzene rings is 1. The van der Waals surface area contributed by atoms with Crippen LogP contribution in [0.15, 0.2) is 42.9 Å². The molecule has 3 aliphatic rings. The molecular formula is C23H25N5O. The van der Waals surface area contributed by atoms with Crippen molar-refractivity contribution < 1.29 is 4.79 Å². The third-order valence-electron chi connectivity index (χ3n) is 7.05. The van der Waals surface area contributed by atoms with Crippen LogP contribution in [-0.4, -0.2) is 45.4 Å². The van der Waals surface area contributed by atoms with Crippen molar-refractivity contribution >= 4 is 28.4 Å². The van der Waals surface area contributed by atoms with Crippen molar-refractivity contribution in [3.63, 3.8) is 0 Å². The molecule has 6 nitrogen and oxygen atoms in total. The van der Waals surface area contributed by atoms with Crippen LogP contribution in [0, 0.1) is 5.92 Å². The number of nitrogens with one attached hydrogen (secondary N) is 1. The van der Waals surface area contributed by atoms with Gasteiger partial charge in [0.05, 0.1) is 5.39 Å². The first kappa shape index (κ1) is 17.0. The molecule has 29 heavy (non-hydrogen) atoms. The number of H-pyrrole nitrogens is 1. The first-order valence-corrected chi connectivity index (χ1v) is 10.7. The summed E-state index contributed by atoms with van der Waals surface area (Å²) in [6.07, 6.45) is 8.81. The number of amides is 1. The number of rotatable bonds is 3. The van der Waals surface area contributed by atoms with Gasteiger partial charge in [0, 0.05) is 43.4 Å². The lowest BCUT2D eigenvalue weighted by atomic mass is 9.74. The Morgan fingerprint density at radius 3 is 2.79 bits per heavy atom. The summed E-state index contributed by atoms with van der Waals surface area (Å²) < 4.78 is 0. The van der Waals surface area contributed by atoms with Crippen molar-refractivity contribution in [3.8, 4) is 0 Å². The summed E-state index contributed by atoms with van der Waals surface area (Å²) in [5.41, 5.74) is 3.59. The summed E-state index contributed by atoms with van der Waals surface area (Å²) in [5, 5.41) is 1.05. The van der Waals surface area contributed by atoms with E-state index < -0.39 is 0 Å². The first-order valence-electron chi connectivity index (χ1n) is 10.7. The summed E-state index contributed by atoms with van der Waals surface area (Å²) in [6, 6.07) is 10.8. The van der Waals surface area contributed by atoms with Crippen LogP contribution in [-0.2, 0) is 10.2 Å². The van der Waals surface area contributed by atoms with Crippen molar-refractivity contribution in [2.24, 2.45) is 5.92 Å². The number of fused-ring (bicyclic) bond motifs is 3. The molecule has 1 saturated carbocycles. The van der Waals surface area contributed by atoms with Crippen molar-refractivity contribution in [1.82, 2.24) is 19.9 Å². The maximum atomic E-state index is 12.6. The van der Waals surface area contributed by atoms with E-state index in [9.17, 15) is 4.79 Å². The van der Waals surface area contributed by atoms with Gasteiger partial charge in [0.15, 0.2) is 0 Å². The second kappa shape index (κ2) is 6.31. The van der Waals surface area contributed by atoms with E-state index in [0.29, 0.717) is 11.8 Å². The Morgan fingerprint density at radius 1 is 1.14 bits per heavy atom. The number of carbonyl (C=O) groups excluding carboxylic acids is 1. The first-order chi connectivity index (χ1) is 14.2. The van der Waals surface area contributed by atoms with E-state index in [1.165, 1.54) is 24.1 Å². The van der Waals surface area contributed by atoms with Crippen molar-refractivity contribution in [1.29, 1.82) is 0 Å². The van der Waals surface area contributed by atoms with Gasteiger partial charge in [-0.3, -0.25) is 4.79 Å². The zero-order valence-electron chi connectivity index (χ0n) is 16.5. The molecule has 2 fully saturated rings. The lowest BCUT2D eigenvalue weighted by molar-refractivity contribution is -0.133. The van der Waals surface area contributed by atoms with E-state index in [0.717, 1.165) is 55.7 Å². The minimum Gasteiger partial charge on any atom is -0.346 e. The Kier molecular flexibility index (Phi) is 3.70. The zero-order valence-corrected chi connectivity index (χ0v) is 16.5. The number of anilines is 2. The van der Waals surface area contributed by atoms with Crippen LogP contribution in [0.25, 0.3) is 11.0 Å². The molecular weight excluding hydrogens is 362 g/mol. The molecule has 0 unspecified atom stereocenters. The van der Waals surface area contributed by atoms with E-state index in [4.69, 9.17) is 0 Å². The SMILES string of the molecule is O=C(CC1CC1)N1CCC2(CC1)CN(c1ncnc3[nH]ccc13)c1ccccc12. The Bertz CT molecular complexity index is 1080. The maximum absolute atomic E-state index is 12.6. The van der Waals surface area contributed by atoms with Gasteiger partial charge in [-0.2, -0.15) is 0 Å². The molecule has 0 radical (unpaired) electrons. The Morgan fingerprint density at radius 2 is 1.97 bits per heavy atom. The third-order valence-corrected chi connectivity index (χ3v) is 7.05. The van der Waals surface area contributed by atoms with Gasteiger partial charge in [0.25, 0.3) is 0 Å². The van der Waals surface area contributed by atoms with Gasteiger partial charge in [-0.05, 0) is 49.3 Å². The van der Waals surface area contributed by atoms with Crippen LogP contribution in [0.5, 0.6) is 0 Å². The molecule has 3 aromatic rings. The average Bonchev–Trinajstić information content (AvgIpc) is 3.33. The maximum Gasteiger partial charge on any atom is 0.222 e. The highest BCUT2D eigenvalue weighted by Crippen LogP contribution is 2.50. The predicted molar refractivity (Wildman–Crippen MR) is 112 cm³/mol. The number of piperidine rings is 1. The zero-order chi connectivity index (χ0) is 19.4. The van der Waals surface area contributed by atoms with Gasteiger partial charge in [-0.25, -0.2) is 9.97 Å². The standard InChI is InChI=1S/C23H25N5O/c29-20(13-16-5-6-16)27-11-8-23(9-12-27)14-28(19-4-2-1-3-18(19)23)22-17-7-10-24-21(17)25-15-26-22/h1-4,7,10,15-16H,5-6,8-9,11-14H2,(H,24,25,26). The third kappa shape index (κ3) is 2.73. The molecule has 1 amide bonds. The largest absolute Gasteiger partial charge is 0.346 e. The molecule has 0 bridgehead atoms. The summed E-state index contributed by atoms with van der Waals surface area (Å²) in [4.78, 5) is 29.3. The molecule has 2 aromatic heterocycles. The van der Waals surface area contributed by atoms with Gasteiger partial charge in [-0.1, -0.05) is 18.2 Å². The number of hydrogen-bond acceptors (Lipinski definition) is 4. The lowest BCUT2D eigenvalue weighted by Crippen LogP contribution is -2.47. The van der Waals surface area contributed by atoms with E-state index in [1.54, 1.807) is 6.33 Å². The Hall–Kier alpha value is -2.89. The number of para-hydroxylation sites is 1. The highest BCUT2D eigenvalue weighted by atomic mass is 16.2. The molecule has 4 heterocycles. The van der Waals surface area contributed by atoms with E-state index in [1.807, 2.05) is 6.20 Å². The normalized spacial score (nSPS) is 20.4. The topological polar surface area (TPSA) is 65.1 Å². The van der Waals surface area contributed by atoms with Crippen LogP contribution in [0.3, 0.4) is 0 Å². The summed E-state index contributed by atoms with van der Waals surface area (Å²) in [7, 11) is 0. The highest BCUT2D eigenvalue weighted by Gasteiger charge is 2.46. The van der Waals surface area contributed by atoms with Gasteiger partial charge in [0.2, 0.25) is 5.91 Å². The molecule has 1 spiro atoms. The second-order valence-corrected chi connectivity index (χ2v) is 8.85. The molecule has 1 saturated heterocycles. The number of likely N-dealkylation sites (tertiary alicyclic amines) is 1. The second-order valence-electron chi connectivity index (χ2n) is 8.85. The number of aromatic nitrogens is 3. The van der Waals surface area contributed by atoms with Crippen LogP contribution in [0.2, 0.25) is 0 Å². The van der Waals surface area contributed by atoms with Crippen molar-refractivity contribution in [2.45, 2.75) is 37.5 Å². The summed E-state index contributed by atoms with van der Waals surface area (Å²) in [6.45, 7) is 2.63. The van der Waals surface area contributed by atoms with Crippen LogP contribution < -0.4 is 4.90 Å². The highest BCUT2D eigenvalue weighted by molar-refractivity contribution is 5.91. The monoisotopic (exact) mass is 387 g/mol. The van der Waals surface area contributed by atoms with Gasteiger partial charge in [0.1, 0.15) is 17.8 Å². The fourth-order valence-electron chi connectivity index (χ4n) is 5.20. The predicted octanol–water partition coefficient (Wildman–Crippen LogP) is 3.77. The van der Waals surface area contributed by atoms with Crippen LogP contribution in [0.1, 0.15) is 37.7 Å². The fourth-order valence-corrected chi connectivity index (χ4v) is 5.20. The average molecular weight is 387 g/mol. The van der Waals surface area contributed by atoms with Crippen LogP contribution in [0.4, 0.5) is 11.5 Å². The lowest BCUT2D eigenvalue weighted by Gasteiger charge is -2.40. The van der Waals surface area contributed by atoms with E-state index >= 15 is 0 Å². The van der Waals surface area contributed by atoms with Gasteiger partial charge < -0.3 is 14.8 Å². The molecule has 1 aromatic carbocycles. The van der Waals surface area contributed by atoms with Gasteiger partial charge >= 0.3 is 0 Å². The molecule has 1 aliphatic carbocycles. The number of nitrogens with zero attached hydrogens (tertiary/aromatic N) is 4. The number of aromatic amines is 1. The number of hydrogen-bond donors (Lipinski definition) is 1. The van der Waals surface area contributed by atoms with E-state index in [2.05, 4.69) is 55.1 Å². The number of carbonyl (C=O) groups is 1. The van der Waals surface area contributed by atoms with Gasteiger partial charge in [-0.15, -0.1) is 0 Å². The quantitative estimate of drug-likeness (QED) is 0.743. The minimum absolute atomic E-state index is 0.0839. The molecule has 2 aliphatic heterocycles. The molecule has 0 atom stereocenters. The molecule has 6 heteroatoms. The van der Waals surface area contributed by atoms with E-state index in [-0.39, 0.29) is 5.41 Å². The van der Waals surface area contributed by atoms with Crippen LogP contribution >= 0.6 is 0 Å². The molecule has 148 valence electrons. The Labute approximate surface area is 169 Å². The van der Waals surface area contributed by atoms with Crippen molar-refractivity contribution in [3.05, 3.63) is 48.4 Å². The fraction of sp³-hybridized carbons (Fsp3) is 0.435. The minimum atomic E-state index is 0.0839. The smallest absolute Gasteiger partial charge is 0.222 e.